The summed E-state index contributed by atoms with van der Waals surface area (Å²) in [6.45, 7) is 4.18. The number of hydrogen-bond acceptors (Lipinski definition) is 4. The van der Waals surface area contributed by atoms with Crippen LogP contribution in [0.1, 0.15) is 25.5 Å². The number of halogens is 2. The molecule has 5 nitrogen and oxygen atoms in total. The molecule has 0 aliphatic carbocycles. The van der Waals surface area contributed by atoms with Gasteiger partial charge in [-0.3, -0.25) is 4.79 Å². The third-order valence-electron chi connectivity index (χ3n) is 3.14. The summed E-state index contributed by atoms with van der Waals surface area (Å²) in [5, 5.41) is 0. The molecule has 0 atom stereocenters. The maximum Gasteiger partial charge on any atom is 0.265 e. The Bertz CT molecular complexity index is 772. The SMILES string of the molecule is CC(C)c1nc(-c2cc(Br)c3c(c2)OCO3)[nH]c(=O)c1Br. The van der Waals surface area contributed by atoms with Gasteiger partial charge in [-0.25, -0.2) is 4.98 Å². The molecular formula is C14H12Br2N2O3. The lowest BCUT2D eigenvalue weighted by Crippen LogP contribution is -2.14. The highest BCUT2D eigenvalue weighted by molar-refractivity contribution is 9.10. The average Bonchev–Trinajstić information content (AvgIpc) is 2.90. The first-order chi connectivity index (χ1) is 9.97. The van der Waals surface area contributed by atoms with Crippen molar-refractivity contribution in [3.05, 3.63) is 37.1 Å². The van der Waals surface area contributed by atoms with E-state index in [0.717, 1.165) is 15.7 Å². The number of rotatable bonds is 2. The van der Waals surface area contributed by atoms with Gasteiger partial charge in [0.25, 0.3) is 5.56 Å². The van der Waals surface area contributed by atoms with Crippen LogP contribution < -0.4 is 15.0 Å². The molecule has 0 saturated carbocycles. The van der Waals surface area contributed by atoms with E-state index in [4.69, 9.17) is 9.47 Å². The monoisotopic (exact) mass is 414 g/mol. The van der Waals surface area contributed by atoms with E-state index in [9.17, 15) is 4.79 Å². The van der Waals surface area contributed by atoms with E-state index in [1.54, 1.807) is 0 Å². The topological polar surface area (TPSA) is 64.2 Å². The number of aromatic amines is 1. The minimum atomic E-state index is -0.197. The molecule has 0 unspecified atom stereocenters. The summed E-state index contributed by atoms with van der Waals surface area (Å²) in [6.07, 6.45) is 0. The number of benzene rings is 1. The van der Waals surface area contributed by atoms with Gasteiger partial charge < -0.3 is 14.5 Å². The predicted molar refractivity (Wildman–Crippen MR) is 85.9 cm³/mol. The fourth-order valence-corrected chi connectivity index (χ4v) is 3.30. The lowest BCUT2D eigenvalue weighted by Gasteiger charge is -2.10. The van der Waals surface area contributed by atoms with Gasteiger partial charge >= 0.3 is 0 Å². The van der Waals surface area contributed by atoms with Crippen LogP contribution in [0.15, 0.2) is 25.9 Å². The Morgan fingerprint density at radius 2 is 2.05 bits per heavy atom. The Morgan fingerprint density at radius 3 is 2.76 bits per heavy atom. The van der Waals surface area contributed by atoms with Crippen molar-refractivity contribution in [2.45, 2.75) is 19.8 Å². The summed E-state index contributed by atoms with van der Waals surface area (Å²) in [7, 11) is 0. The van der Waals surface area contributed by atoms with Crippen LogP contribution in [0.2, 0.25) is 0 Å². The second kappa shape index (κ2) is 5.46. The number of nitrogens with one attached hydrogen (secondary N) is 1. The number of nitrogens with zero attached hydrogens (tertiary/aromatic N) is 1. The van der Waals surface area contributed by atoms with Crippen LogP contribution in [-0.2, 0) is 0 Å². The highest BCUT2D eigenvalue weighted by Gasteiger charge is 2.20. The molecule has 1 aromatic heterocycles. The number of H-pyrrole nitrogens is 1. The molecular weight excluding hydrogens is 404 g/mol. The number of aromatic nitrogens is 2. The second-order valence-electron chi connectivity index (χ2n) is 4.96. The normalized spacial score (nSPS) is 13.0. The van der Waals surface area contributed by atoms with Gasteiger partial charge in [-0.15, -0.1) is 0 Å². The molecule has 0 fully saturated rings. The summed E-state index contributed by atoms with van der Waals surface area (Å²) in [5.74, 6) is 1.95. The number of hydrogen-bond donors (Lipinski definition) is 1. The molecule has 2 heterocycles. The minimum Gasteiger partial charge on any atom is -0.454 e. The van der Waals surface area contributed by atoms with Gasteiger partial charge in [-0.05, 0) is 49.9 Å². The third kappa shape index (κ3) is 2.60. The van der Waals surface area contributed by atoms with E-state index in [0.29, 0.717) is 21.8 Å². The van der Waals surface area contributed by atoms with E-state index in [2.05, 4.69) is 41.8 Å². The van der Waals surface area contributed by atoms with Crippen LogP contribution >= 0.6 is 31.9 Å². The molecule has 0 bridgehead atoms. The van der Waals surface area contributed by atoms with E-state index < -0.39 is 0 Å². The first-order valence-corrected chi connectivity index (χ1v) is 7.95. The standard InChI is InChI=1S/C14H12Br2N2O3/c1-6(2)11-10(16)14(19)18-13(17-11)7-3-8(15)12-9(4-7)20-5-21-12/h3-4,6H,5H2,1-2H3,(H,17,18,19). The van der Waals surface area contributed by atoms with Crippen LogP contribution in [0.3, 0.4) is 0 Å². The van der Waals surface area contributed by atoms with Gasteiger partial charge in [-0.1, -0.05) is 13.8 Å². The maximum absolute atomic E-state index is 12.0. The van der Waals surface area contributed by atoms with Crippen molar-refractivity contribution in [3.8, 4) is 22.9 Å². The summed E-state index contributed by atoms with van der Waals surface area (Å²) in [4.78, 5) is 19.4. The van der Waals surface area contributed by atoms with Gasteiger partial charge in [0.15, 0.2) is 11.5 Å². The Labute approximate surface area is 138 Å². The van der Waals surface area contributed by atoms with Crippen LogP contribution in [0.4, 0.5) is 0 Å². The molecule has 3 rings (SSSR count). The predicted octanol–water partition coefficient (Wildman–Crippen LogP) is 3.81. The van der Waals surface area contributed by atoms with Crippen molar-refractivity contribution in [2.75, 3.05) is 6.79 Å². The zero-order chi connectivity index (χ0) is 15.1. The molecule has 110 valence electrons. The van der Waals surface area contributed by atoms with E-state index in [1.165, 1.54) is 0 Å². The van der Waals surface area contributed by atoms with Crippen LogP contribution in [-0.4, -0.2) is 16.8 Å². The average molecular weight is 416 g/mol. The van der Waals surface area contributed by atoms with Crippen molar-refractivity contribution >= 4 is 31.9 Å². The smallest absolute Gasteiger partial charge is 0.265 e. The third-order valence-corrected chi connectivity index (χ3v) is 4.49. The van der Waals surface area contributed by atoms with Crippen molar-refractivity contribution in [1.82, 2.24) is 9.97 Å². The number of ether oxygens (including phenoxy) is 2. The van der Waals surface area contributed by atoms with Crippen LogP contribution in [0.25, 0.3) is 11.4 Å². The molecule has 0 spiro atoms. The van der Waals surface area contributed by atoms with Crippen molar-refractivity contribution in [3.63, 3.8) is 0 Å². The van der Waals surface area contributed by atoms with Crippen LogP contribution in [0.5, 0.6) is 11.5 Å². The van der Waals surface area contributed by atoms with E-state index >= 15 is 0 Å². The van der Waals surface area contributed by atoms with Gasteiger partial charge in [-0.2, -0.15) is 0 Å². The zero-order valence-corrected chi connectivity index (χ0v) is 14.5. The van der Waals surface area contributed by atoms with Gasteiger partial charge in [0.2, 0.25) is 6.79 Å². The van der Waals surface area contributed by atoms with E-state index in [1.807, 2.05) is 26.0 Å². The molecule has 2 aromatic rings. The molecule has 1 aromatic carbocycles. The zero-order valence-electron chi connectivity index (χ0n) is 11.4. The Kier molecular flexibility index (Phi) is 3.79. The largest absolute Gasteiger partial charge is 0.454 e. The minimum absolute atomic E-state index is 0.137. The Balaban J connectivity index is 2.17. The molecule has 1 aliphatic heterocycles. The molecule has 0 radical (unpaired) electrons. The molecule has 7 heteroatoms. The van der Waals surface area contributed by atoms with Crippen molar-refractivity contribution in [2.24, 2.45) is 0 Å². The Hall–Kier alpha value is -1.34. The van der Waals surface area contributed by atoms with Crippen LogP contribution in [0, 0.1) is 0 Å². The van der Waals surface area contributed by atoms with Gasteiger partial charge in [0.1, 0.15) is 10.3 Å². The highest BCUT2D eigenvalue weighted by atomic mass is 79.9. The van der Waals surface area contributed by atoms with E-state index in [-0.39, 0.29) is 18.3 Å². The lowest BCUT2D eigenvalue weighted by molar-refractivity contribution is 0.173. The van der Waals surface area contributed by atoms with Crippen molar-refractivity contribution < 1.29 is 9.47 Å². The highest BCUT2D eigenvalue weighted by Crippen LogP contribution is 2.42. The van der Waals surface area contributed by atoms with Gasteiger partial charge in [0.05, 0.1) is 10.2 Å². The second-order valence-corrected chi connectivity index (χ2v) is 6.61. The lowest BCUT2D eigenvalue weighted by atomic mass is 10.1. The fraction of sp³-hybridized carbons (Fsp3) is 0.286. The molecule has 1 N–H and O–H groups in total. The maximum atomic E-state index is 12.0. The summed E-state index contributed by atoms with van der Waals surface area (Å²) < 4.78 is 12.0. The summed E-state index contributed by atoms with van der Waals surface area (Å²) in [6, 6.07) is 3.66. The van der Waals surface area contributed by atoms with Gasteiger partial charge in [0, 0.05) is 5.56 Å². The summed E-state index contributed by atoms with van der Waals surface area (Å²) in [5.41, 5.74) is 1.29. The molecule has 21 heavy (non-hydrogen) atoms. The number of fused-ring (bicyclic) bond motifs is 1. The quantitative estimate of drug-likeness (QED) is 0.809. The first kappa shape index (κ1) is 14.6. The first-order valence-electron chi connectivity index (χ1n) is 6.36. The van der Waals surface area contributed by atoms with Crippen molar-refractivity contribution in [1.29, 1.82) is 0 Å². The summed E-state index contributed by atoms with van der Waals surface area (Å²) >= 11 is 6.73. The fourth-order valence-electron chi connectivity index (χ4n) is 2.10. The molecule has 1 aliphatic rings. The Morgan fingerprint density at radius 1 is 1.29 bits per heavy atom. The molecule has 0 amide bonds. The molecule has 0 saturated heterocycles.